The van der Waals surface area contributed by atoms with Crippen molar-refractivity contribution < 1.29 is 17.0 Å². The van der Waals surface area contributed by atoms with Crippen molar-refractivity contribution in [1.82, 2.24) is 0 Å². The van der Waals surface area contributed by atoms with E-state index in [2.05, 4.69) is 99.6 Å². The average molecular weight is 495 g/mol. The van der Waals surface area contributed by atoms with E-state index in [1.54, 1.807) is 0 Å². The Morgan fingerprint density at radius 2 is 1.38 bits per heavy atom. The van der Waals surface area contributed by atoms with E-state index in [0.29, 0.717) is 0 Å². The molecule has 1 nitrogen and oxygen atoms in total. The van der Waals surface area contributed by atoms with Crippen LogP contribution >= 0.6 is 18.6 Å². The predicted molar refractivity (Wildman–Crippen MR) is 136 cm³/mol. The number of nitrogens with zero attached hydrogens (tertiary/aromatic N) is 1. The third-order valence-electron chi connectivity index (χ3n) is 5.89. The molecule has 4 heteroatoms. The third kappa shape index (κ3) is 4.98. The summed E-state index contributed by atoms with van der Waals surface area (Å²) in [6, 6.07) is 28.8. The summed E-state index contributed by atoms with van der Waals surface area (Å²) in [5.41, 5.74) is 9.59. The first-order chi connectivity index (χ1) is 15.4. The van der Waals surface area contributed by atoms with Gasteiger partial charge in [0.15, 0.2) is 0 Å². The molecular formula is C28H26Cl2NTi-. The molecule has 0 N–H and O–H groups in total. The maximum atomic E-state index is 5.00. The van der Waals surface area contributed by atoms with Crippen LogP contribution in [0.5, 0.6) is 0 Å². The summed E-state index contributed by atoms with van der Waals surface area (Å²) >= 11 is -0.556. The van der Waals surface area contributed by atoms with Gasteiger partial charge < -0.3 is 5.32 Å². The number of hydrogen-bond acceptors (Lipinski definition) is 0. The molecule has 0 aliphatic heterocycles. The van der Waals surface area contributed by atoms with Gasteiger partial charge in [-0.25, -0.2) is 0 Å². The molecule has 0 saturated heterocycles. The van der Waals surface area contributed by atoms with Gasteiger partial charge in [-0.15, -0.1) is 12.1 Å². The third-order valence-corrected chi connectivity index (χ3v) is 5.89. The van der Waals surface area contributed by atoms with E-state index in [1.807, 2.05) is 0 Å². The molecule has 162 valence electrons. The molecule has 0 radical (unpaired) electrons. The number of halogens is 2. The van der Waals surface area contributed by atoms with Gasteiger partial charge in [-0.3, -0.25) is 0 Å². The van der Waals surface area contributed by atoms with E-state index in [9.17, 15) is 0 Å². The van der Waals surface area contributed by atoms with Crippen molar-refractivity contribution in [3.63, 3.8) is 0 Å². The Kier molecular flexibility index (Phi) is 7.45. The van der Waals surface area contributed by atoms with Crippen molar-refractivity contribution in [3.05, 3.63) is 101 Å². The SMILES string of the molecule is CC(C)(C)[N-]Cc1c(-c2cccc3c2Cc2ccccc2-3)ccc2ccccc12.[Cl][Ti][Cl]. The summed E-state index contributed by atoms with van der Waals surface area (Å²) in [4.78, 5) is 0. The molecule has 0 atom stereocenters. The first-order valence-corrected chi connectivity index (χ1v) is 15.1. The van der Waals surface area contributed by atoms with Gasteiger partial charge in [-0.05, 0) is 50.6 Å². The van der Waals surface area contributed by atoms with Crippen molar-refractivity contribution >= 4 is 29.4 Å². The second kappa shape index (κ2) is 10.1. The van der Waals surface area contributed by atoms with Crippen LogP contribution in [-0.2, 0) is 30.0 Å². The zero-order chi connectivity index (χ0) is 22.7. The van der Waals surface area contributed by atoms with Crippen LogP contribution in [0.4, 0.5) is 0 Å². The minimum absolute atomic E-state index is 0.0525. The average Bonchev–Trinajstić information content (AvgIpc) is 3.16. The minimum atomic E-state index is -0.556. The molecule has 0 spiro atoms. The van der Waals surface area contributed by atoms with Gasteiger partial charge in [-0.1, -0.05) is 105 Å². The number of rotatable bonds is 3. The summed E-state index contributed by atoms with van der Waals surface area (Å²) in [7, 11) is 9.78. The Labute approximate surface area is 207 Å². The van der Waals surface area contributed by atoms with E-state index < -0.39 is 17.0 Å². The molecule has 0 bridgehead atoms. The first-order valence-electron chi connectivity index (χ1n) is 10.8. The van der Waals surface area contributed by atoms with Gasteiger partial charge in [0.1, 0.15) is 0 Å². The van der Waals surface area contributed by atoms with Gasteiger partial charge in [0.05, 0.1) is 0 Å². The molecule has 0 amide bonds. The van der Waals surface area contributed by atoms with Crippen LogP contribution in [0.25, 0.3) is 38.3 Å². The normalized spacial score (nSPS) is 12.0. The molecule has 0 heterocycles. The van der Waals surface area contributed by atoms with Crippen molar-refractivity contribution in [3.8, 4) is 22.3 Å². The van der Waals surface area contributed by atoms with Crippen molar-refractivity contribution in [2.45, 2.75) is 39.3 Å². The van der Waals surface area contributed by atoms with Crippen molar-refractivity contribution in [2.24, 2.45) is 0 Å². The molecular weight excluding hydrogens is 469 g/mol. The summed E-state index contributed by atoms with van der Waals surface area (Å²) in [5, 5.41) is 7.59. The molecule has 1 aliphatic rings. The zero-order valence-corrected chi connectivity index (χ0v) is 21.7. The Morgan fingerprint density at radius 1 is 0.750 bits per heavy atom. The van der Waals surface area contributed by atoms with E-state index >= 15 is 0 Å². The standard InChI is InChI=1S/C28H26N.2ClH.Ti/c1-28(2,3)29-18-27-21-11-6-4-9-19(21)15-16-25(27)24-14-8-13-23-22-12-7-5-10-20(22)17-26(23)24;;;/h4-16H,17-18H2,1-3H3;2*1H;/q-1;;;+2/p-2. The quantitative estimate of drug-likeness (QED) is 0.222. The van der Waals surface area contributed by atoms with Crippen molar-refractivity contribution in [1.29, 1.82) is 0 Å². The molecule has 0 aromatic heterocycles. The van der Waals surface area contributed by atoms with Crippen LogP contribution in [0, 0.1) is 0 Å². The monoisotopic (exact) mass is 494 g/mol. The molecule has 0 fully saturated rings. The molecule has 1 aliphatic carbocycles. The van der Waals surface area contributed by atoms with Crippen LogP contribution in [-0.4, -0.2) is 5.54 Å². The van der Waals surface area contributed by atoms with E-state index in [0.717, 1.165) is 13.0 Å². The Balaban J connectivity index is 0.000000775. The number of fused-ring (bicyclic) bond motifs is 4. The van der Waals surface area contributed by atoms with Crippen LogP contribution < -0.4 is 0 Å². The fourth-order valence-electron chi connectivity index (χ4n) is 4.48. The fraction of sp³-hybridized carbons (Fsp3) is 0.214. The van der Waals surface area contributed by atoms with Crippen LogP contribution in [0.1, 0.15) is 37.5 Å². The van der Waals surface area contributed by atoms with Gasteiger partial charge in [0, 0.05) is 0 Å². The topological polar surface area (TPSA) is 14.1 Å². The van der Waals surface area contributed by atoms with Gasteiger partial charge in [-0.2, -0.15) is 0 Å². The Hall–Kier alpha value is -1.61. The molecule has 0 saturated carbocycles. The van der Waals surface area contributed by atoms with E-state index in [-0.39, 0.29) is 5.54 Å². The molecule has 4 aromatic rings. The van der Waals surface area contributed by atoms with Gasteiger partial charge in [0.2, 0.25) is 0 Å². The maximum absolute atomic E-state index is 5.00. The molecule has 0 unspecified atom stereocenters. The second-order valence-electron chi connectivity index (χ2n) is 9.04. The Bertz CT molecular complexity index is 1240. The summed E-state index contributed by atoms with van der Waals surface area (Å²) in [5.74, 6) is 0. The second-order valence-corrected chi connectivity index (χ2v) is 11.6. The van der Waals surface area contributed by atoms with E-state index in [4.69, 9.17) is 23.9 Å². The molecule has 5 rings (SSSR count). The Morgan fingerprint density at radius 3 is 2.12 bits per heavy atom. The summed E-state index contributed by atoms with van der Waals surface area (Å²) < 4.78 is 0. The number of hydrogen-bond donors (Lipinski definition) is 0. The first kappa shape index (κ1) is 23.5. The van der Waals surface area contributed by atoms with Crippen LogP contribution in [0.15, 0.2) is 78.9 Å². The zero-order valence-electron chi connectivity index (χ0n) is 18.6. The van der Waals surface area contributed by atoms with Gasteiger partial charge in [0.25, 0.3) is 0 Å². The predicted octanol–water partition coefficient (Wildman–Crippen LogP) is 9.13. The molecule has 32 heavy (non-hydrogen) atoms. The summed E-state index contributed by atoms with van der Waals surface area (Å²) in [6.45, 7) is 7.26. The van der Waals surface area contributed by atoms with Crippen molar-refractivity contribution in [2.75, 3.05) is 0 Å². The molecule has 4 aromatic carbocycles. The number of benzene rings is 4. The summed E-state index contributed by atoms with van der Waals surface area (Å²) in [6.07, 6.45) is 1.00. The van der Waals surface area contributed by atoms with E-state index in [1.165, 1.54) is 49.7 Å². The van der Waals surface area contributed by atoms with Crippen LogP contribution in [0.3, 0.4) is 0 Å². The van der Waals surface area contributed by atoms with Crippen LogP contribution in [0.2, 0.25) is 0 Å². The fourth-order valence-corrected chi connectivity index (χ4v) is 4.48. The van der Waals surface area contributed by atoms with Gasteiger partial charge >= 0.3 is 35.6 Å².